The van der Waals surface area contributed by atoms with E-state index < -0.39 is 62.3 Å². The number of imide groups is 2. The smallest absolute Gasteiger partial charge is 0.870 e. The molecule has 8 atom stereocenters. The van der Waals surface area contributed by atoms with Crippen LogP contribution in [0.25, 0.3) is 44.5 Å². The molecule has 0 radical (unpaired) electrons. The fraction of sp³-hybridized carbons (Fsp3) is 0.453. The number of ether oxygens (including phenoxy) is 9. The molecule has 1 N–H and O–H groups in total. The third-order valence-corrected chi connectivity index (χ3v) is 24.0. The molecule has 2 aliphatic heterocycles. The number of rotatable bonds is 36. The summed E-state index contributed by atoms with van der Waals surface area (Å²) in [5, 5.41) is 1.83. The van der Waals surface area contributed by atoms with Gasteiger partial charge in [0.05, 0.1) is 35.7 Å². The summed E-state index contributed by atoms with van der Waals surface area (Å²) in [5.74, 6) is -3.45. The molecule has 0 unspecified atom stereocenters. The van der Waals surface area contributed by atoms with Crippen molar-refractivity contribution in [3.8, 4) is 44.5 Å². The van der Waals surface area contributed by atoms with Crippen LogP contribution in [0, 0.1) is 56.8 Å². The van der Waals surface area contributed by atoms with Gasteiger partial charge >= 0.3 is 49.0 Å². The predicted octanol–water partition coefficient (Wildman–Crippen LogP) is 26.8. The first kappa shape index (κ1) is 132. The maximum Gasteiger partial charge on any atom is 1.00 e. The molecule has 146 heavy (non-hydrogen) atoms. The van der Waals surface area contributed by atoms with E-state index >= 15 is 0 Å². The zero-order chi connectivity index (χ0) is 103. The van der Waals surface area contributed by atoms with Crippen molar-refractivity contribution in [1.82, 2.24) is 9.80 Å². The Morgan fingerprint density at radius 3 is 1.07 bits per heavy atom. The van der Waals surface area contributed by atoms with E-state index in [0.717, 1.165) is 27.8 Å². The molecule has 2 saturated heterocycles. The number of hydrogen-bond donors (Lipinski definition) is 0. The Labute approximate surface area is 896 Å². The number of carbonyl (C=O) groups is 7. The SMILES string of the molecule is C.C.C.C.C=COC[C@]1(C)C[C@@H](Cc2ccc(-c3cc(Cl)ccc3F)cc2)N(C(=O)OC(C)(C)C)C1=O.CCOC[C@@](C)([C-]=O)C[C@H](CC(=O)OC(C)(C)C)Cc1ccc(-c2cc(Cl)ccc2F)cc1.CCOC[C@](C)(C[C@H](CC(=O)OC(C)(C)C)Cc1ccc(-c2cc(Cl)ccc2F)cc1)C(=O)OCc1ccccc1.CCOC[C@]1(C)C[C@@H](Cc2ccc(-c3cc(Cl)ccc3F)cc2)N(C(=O)OC(C)(C)C)C1=O.[Li+].[OH-]. The first-order chi connectivity index (χ1) is 65.7. The normalized spacial score (nSPS) is 16.5. The monoisotopic (exact) mass is 2090 g/mol. The molecule has 2 aliphatic rings. The van der Waals surface area contributed by atoms with Crippen LogP contribution in [0.4, 0.5) is 27.2 Å². The molecule has 2 heterocycles. The molecule has 9 aromatic rings. The maximum absolute atomic E-state index is 14.4. The summed E-state index contributed by atoms with van der Waals surface area (Å²) in [5.41, 5.74) is 2.95. The van der Waals surface area contributed by atoms with Gasteiger partial charge in [0.25, 0.3) is 0 Å². The fourth-order valence-electron chi connectivity index (χ4n) is 16.7. The Morgan fingerprint density at radius 2 is 0.753 bits per heavy atom. The molecule has 0 saturated carbocycles. The van der Waals surface area contributed by atoms with Crippen molar-refractivity contribution in [3.05, 3.63) is 284 Å². The Bertz CT molecular complexity index is 5680. The number of carbonyl (C=O) groups excluding carboxylic acids is 8. The first-order valence-corrected chi connectivity index (χ1v) is 48.5. The summed E-state index contributed by atoms with van der Waals surface area (Å²) in [4.78, 5) is 105. The minimum absolute atomic E-state index is 0. The van der Waals surface area contributed by atoms with Gasteiger partial charge in [0.1, 0.15) is 58.9 Å². The third-order valence-electron chi connectivity index (χ3n) is 23.1. The van der Waals surface area contributed by atoms with Gasteiger partial charge in [0.2, 0.25) is 11.8 Å². The number of halogens is 8. The minimum atomic E-state index is -0.985. The molecular formula is C117H150Cl4F4LiN2O18-. The Kier molecular flexibility index (Phi) is 53.5. The average Bonchev–Trinajstić information content (AvgIpc) is 1.62. The second-order valence-electron chi connectivity index (χ2n) is 40.6. The van der Waals surface area contributed by atoms with Crippen molar-refractivity contribution in [2.24, 2.45) is 33.5 Å². The van der Waals surface area contributed by atoms with Crippen LogP contribution in [0.5, 0.6) is 0 Å². The Balaban J connectivity index is 0.000000652. The molecule has 2 fully saturated rings. The largest absolute Gasteiger partial charge is 1.00 e. The Hall–Kier alpha value is -10.2. The van der Waals surface area contributed by atoms with E-state index in [4.69, 9.17) is 89.0 Å². The van der Waals surface area contributed by atoms with Crippen LogP contribution < -0.4 is 18.9 Å². The quantitative estimate of drug-likeness (QED) is 0.00883. The zero-order valence-electron chi connectivity index (χ0n) is 85.2. The van der Waals surface area contributed by atoms with Crippen molar-refractivity contribution in [2.45, 2.75) is 267 Å². The number of esters is 3. The summed E-state index contributed by atoms with van der Waals surface area (Å²) in [6.45, 7) is 40.3. The maximum atomic E-state index is 14.4. The minimum Gasteiger partial charge on any atom is -0.870 e. The van der Waals surface area contributed by atoms with Crippen molar-refractivity contribution >= 4 is 94.6 Å². The molecule has 0 aliphatic carbocycles. The molecule has 0 spiro atoms. The van der Waals surface area contributed by atoms with Crippen LogP contribution in [-0.2, 0) is 104 Å². The van der Waals surface area contributed by atoms with Crippen LogP contribution in [-0.4, -0.2) is 144 Å². The summed E-state index contributed by atoms with van der Waals surface area (Å²) in [6, 6.07) is 56.2. The molecule has 794 valence electrons. The van der Waals surface area contributed by atoms with E-state index in [-0.39, 0.29) is 171 Å². The van der Waals surface area contributed by atoms with Gasteiger partial charge in [0.15, 0.2) is 0 Å². The number of amides is 4. The molecule has 9 aromatic carbocycles. The van der Waals surface area contributed by atoms with Gasteiger partial charge in [-0.2, -0.15) is 0 Å². The van der Waals surface area contributed by atoms with E-state index in [1.807, 2.05) is 191 Å². The van der Waals surface area contributed by atoms with Crippen molar-refractivity contribution in [2.75, 3.05) is 46.2 Å². The van der Waals surface area contributed by atoms with E-state index in [0.29, 0.717) is 136 Å². The third kappa shape index (κ3) is 41.0. The topological polar surface area (TPSA) is 256 Å². The van der Waals surface area contributed by atoms with Gasteiger partial charge in [-0.1, -0.05) is 223 Å². The molecule has 11 rings (SSSR count). The van der Waals surface area contributed by atoms with Crippen molar-refractivity contribution < 1.29 is 123 Å². The first-order valence-electron chi connectivity index (χ1n) is 47.0. The van der Waals surface area contributed by atoms with E-state index in [1.165, 1.54) is 64.6 Å². The molecule has 0 bridgehead atoms. The van der Waals surface area contributed by atoms with Crippen LogP contribution in [0.2, 0.25) is 20.1 Å². The number of nitrogens with zero attached hydrogens (tertiary/aromatic N) is 2. The number of benzene rings is 9. The van der Waals surface area contributed by atoms with Crippen LogP contribution in [0.3, 0.4) is 0 Å². The molecule has 0 aromatic heterocycles. The fourth-order valence-corrected chi connectivity index (χ4v) is 17.4. The molecular weight excluding hydrogens is 1950 g/mol. The number of hydrogen-bond acceptors (Lipinski definition) is 18. The van der Waals surface area contributed by atoms with Gasteiger partial charge in [-0.25, -0.2) is 37.0 Å². The summed E-state index contributed by atoms with van der Waals surface area (Å²) in [6.07, 6.45) is 6.01. The van der Waals surface area contributed by atoms with Crippen LogP contribution >= 0.6 is 46.4 Å². The van der Waals surface area contributed by atoms with Gasteiger partial charge in [0, 0.05) is 93.7 Å². The average molecular weight is 2100 g/mol. The van der Waals surface area contributed by atoms with E-state index in [1.54, 1.807) is 91.8 Å². The van der Waals surface area contributed by atoms with Crippen molar-refractivity contribution in [3.63, 3.8) is 0 Å². The van der Waals surface area contributed by atoms with Crippen LogP contribution in [0.1, 0.15) is 228 Å². The zero-order valence-corrected chi connectivity index (χ0v) is 88.2. The second-order valence-corrected chi connectivity index (χ2v) is 42.4. The van der Waals surface area contributed by atoms with Crippen molar-refractivity contribution in [1.29, 1.82) is 0 Å². The molecule has 4 amide bonds. The predicted molar refractivity (Wildman–Crippen MR) is 571 cm³/mol. The van der Waals surface area contributed by atoms with Gasteiger partial charge in [-0.05, 0) is 304 Å². The van der Waals surface area contributed by atoms with Gasteiger partial charge < -0.3 is 52.9 Å². The van der Waals surface area contributed by atoms with Gasteiger partial charge in [-0.15, -0.1) is 5.41 Å². The van der Waals surface area contributed by atoms with Crippen LogP contribution in [0.15, 0.2) is 213 Å². The van der Waals surface area contributed by atoms with Gasteiger partial charge in [-0.3, -0.25) is 30.3 Å². The summed E-state index contributed by atoms with van der Waals surface area (Å²) in [7, 11) is 0. The second kappa shape index (κ2) is 59.3. The number of likely N-dealkylation sites (tertiary alicyclic amines) is 2. The summed E-state index contributed by atoms with van der Waals surface area (Å²) >= 11 is 24.1. The summed E-state index contributed by atoms with van der Waals surface area (Å²) < 4.78 is 107. The Morgan fingerprint density at radius 1 is 0.438 bits per heavy atom. The van der Waals surface area contributed by atoms with E-state index in [2.05, 4.69) is 12.9 Å². The molecule has 29 heteroatoms. The molecule has 20 nitrogen and oxygen atoms in total. The van der Waals surface area contributed by atoms with E-state index in [9.17, 15) is 55.9 Å². The standard InChI is InChI=1S/C34H40ClFO5.C27H33ClFO4.C26H31ClFNO4.C26H29ClFNO4.4CH4.Li.H2O/c1-6-39-23-34(5,32(38)40-22-25-10-8-7-9-11-25)21-26(19-31(37)41-33(2,3)4)18-24-12-14-27(15-13-24)29-20-28(35)16-17-30(29)36;1-6-32-18-27(5,17-30)16-20(14-25(31)33-26(2,3)4)13-19-7-9-21(10-8-19)23-15-22(28)11-12-24(23)29;2*1-6-32-16-26(5)15-20(29(23(26)30)24(31)33-25(2,3)4)13-17-7-9-18(10-8-17)21-14-19(27)11-12-22(21)28;;;;;;/h7-17,20,26H,6,18-19,21-23H2,1-5H3;7-12,15,20H,6,13-14,16,18H2,1-5H3;7-12,14,20H,6,13,15-16H2,1-5H3;6-12,14,20H,1,13,15-16H2,2-5H3;4*1H4;;1H2/q;-1;;;;;;;+1;/p-1/t26-,34-;20-,27+;2*20-,26+;;;;;;/m0011....../s1.